The van der Waals surface area contributed by atoms with Gasteiger partial charge in [0.15, 0.2) is 4.34 Å². The summed E-state index contributed by atoms with van der Waals surface area (Å²) in [7, 11) is 0. The SMILES string of the molecule is CCc1ccc(NC(=O)CSc2nnc(Nc3cccc(C)c3C)s2)cc1. The Kier molecular flexibility index (Phi) is 6.47. The Hall–Kier alpha value is -2.38. The van der Waals surface area contributed by atoms with E-state index in [4.69, 9.17) is 0 Å². The van der Waals surface area contributed by atoms with E-state index in [1.54, 1.807) is 0 Å². The molecule has 0 bridgehead atoms. The number of aryl methyl sites for hydroxylation is 2. The molecule has 27 heavy (non-hydrogen) atoms. The molecular weight excluding hydrogens is 376 g/mol. The van der Waals surface area contributed by atoms with Crippen LogP contribution in [0.15, 0.2) is 46.8 Å². The molecule has 5 nitrogen and oxygen atoms in total. The van der Waals surface area contributed by atoms with Crippen molar-refractivity contribution in [1.29, 1.82) is 0 Å². The van der Waals surface area contributed by atoms with Crippen LogP contribution in [0, 0.1) is 13.8 Å². The molecule has 0 spiro atoms. The molecule has 3 rings (SSSR count). The number of carbonyl (C=O) groups excluding carboxylic acids is 1. The molecule has 0 aliphatic heterocycles. The molecule has 0 saturated heterocycles. The number of thioether (sulfide) groups is 1. The van der Waals surface area contributed by atoms with E-state index >= 15 is 0 Å². The van der Waals surface area contributed by atoms with Gasteiger partial charge in [-0.05, 0) is 55.2 Å². The zero-order chi connectivity index (χ0) is 19.2. The number of anilines is 3. The lowest BCUT2D eigenvalue weighted by atomic mass is 10.1. The minimum Gasteiger partial charge on any atom is -0.330 e. The first-order valence-corrected chi connectivity index (χ1v) is 10.5. The van der Waals surface area contributed by atoms with E-state index in [0.717, 1.165) is 27.3 Å². The topological polar surface area (TPSA) is 66.9 Å². The van der Waals surface area contributed by atoms with E-state index in [1.165, 1.54) is 39.8 Å². The Morgan fingerprint density at radius 2 is 1.89 bits per heavy atom. The fraction of sp³-hybridized carbons (Fsp3) is 0.250. The summed E-state index contributed by atoms with van der Waals surface area (Å²) < 4.78 is 0.763. The molecule has 1 aromatic heterocycles. The van der Waals surface area contributed by atoms with Gasteiger partial charge >= 0.3 is 0 Å². The molecule has 0 fully saturated rings. The molecule has 7 heteroatoms. The highest BCUT2D eigenvalue weighted by atomic mass is 32.2. The van der Waals surface area contributed by atoms with Gasteiger partial charge < -0.3 is 10.6 Å². The molecule has 0 aliphatic rings. The van der Waals surface area contributed by atoms with Gasteiger partial charge in [-0.25, -0.2) is 0 Å². The van der Waals surface area contributed by atoms with Crippen LogP contribution in [0.25, 0.3) is 0 Å². The number of hydrogen-bond donors (Lipinski definition) is 2. The molecule has 0 radical (unpaired) electrons. The molecular formula is C20H22N4OS2. The third kappa shape index (κ3) is 5.30. The number of rotatable bonds is 7. The van der Waals surface area contributed by atoms with E-state index in [1.807, 2.05) is 36.4 Å². The molecule has 2 N–H and O–H groups in total. The maximum Gasteiger partial charge on any atom is 0.234 e. The van der Waals surface area contributed by atoms with Crippen molar-refractivity contribution < 1.29 is 4.79 Å². The van der Waals surface area contributed by atoms with Gasteiger partial charge in [0, 0.05) is 11.4 Å². The summed E-state index contributed by atoms with van der Waals surface area (Å²) in [6, 6.07) is 14.0. The summed E-state index contributed by atoms with van der Waals surface area (Å²) in [5, 5.41) is 15.3. The van der Waals surface area contributed by atoms with Crippen molar-refractivity contribution in [1.82, 2.24) is 10.2 Å². The zero-order valence-electron chi connectivity index (χ0n) is 15.6. The fourth-order valence-electron chi connectivity index (χ4n) is 2.47. The second kappa shape index (κ2) is 9.01. The smallest absolute Gasteiger partial charge is 0.234 e. The minimum atomic E-state index is -0.0523. The van der Waals surface area contributed by atoms with Crippen LogP contribution in [0.4, 0.5) is 16.5 Å². The largest absolute Gasteiger partial charge is 0.330 e. The van der Waals surface area contributed by atoms with E-state index in [9.17, 15) is 4.79 Å². The number of hydrogen-bond acceptors (Lipinski definition) is 6. The van der Waals surface area contributed by atoms with E-state index < -0.39 is 0 Å². The van der Waals surface area contributed by atoms with Crippen molar-refractivity contribution in [3.63, 3.8) is 0 Å². The molecule has 1 heterocycles. The number of aromatic nitrogens is 2. The lowest BCUT2D eigenvalue weighted by Crippen LogP contribution is -2.13. The van der Waals surface area contributed by atoms with Gasteiger partial charge in [0.05, 0.1) is 5.75 Å². The van der Waals surface area contributed by atoms with Gasteiger partial charge in [0.1, 0.15) is 0 Å². The molecule has 1 amide bonds. The minimum absolute atomic E-state index is 0.0523. The second-order valence-corrected chi connectivity index (χ2v) is 8.33. The number of carbonyl (C=O) groups is 1. The molecule has 140 valence electrons. The molecule has 0 atom stereocenters. The summed E-state index contributed by atoms with van der Waals surface area (Å²) in [4.78, 5) is 12.1. The third-order valence-electron chi connectivity index (χ3n) is 4.23. The normalized spacial score (nSPS) is 10.6. The van der Waals surface area contributed by atoms with Gasteiger partial charge in [-0.15, -0.1) is 10.2 Å². The molecule has 2 aromatic carbocycles. The summed E-state index contributed by atoms with van der Waals surface area (Å²) in [6.07, 6.45) is 0.986. The number of nitrogens with one attached hydrogen (secondary N) is 2. The average Bonchev–Trinajstić information content (AvgIpc) is 3.12. The van der Waals surface area contributed by atoms with Crippen LogP contribution in [0.1, 0.15) is 23.6 Å². The van der Waals surface area contributed by atoms with E-state index in [0.29, 0.717) is 5.75 Å². The average molecular weight is 399 g/mol. The van der Waals surface area contributed by atoms with E-state index in [2.05, 4.69) is 47.7 Å². The van der Waals surface area contributed by atoms with Gasteiger partial charge in [-0.2, -0.15) is 0 Å². The first-order valence-electron chi connectivity index (χ1n) is 8.73. The van der Waals surface area contributed by atoms with Crippen molar-refractivity contribution in [2.45, 2.75) is 31.5 Å². The summed E-state index contributed by atoms with van der Waals surface area (Å²) >= 11 is 2.83. The molecule has 3 aromatic rings. The van der Waals surface area contributed by atoms with Crippen molar-refractivity contribution in [3.8, 4) is 0 Å². The summed E-state index contributed by atoms with van der Waals surface area (Å²) in [6.45, 7) is 6.26. The van der Waals surface area contributed by atoms with Crippen molar-refractivity contribution in [3.05, 3.63) is 59.2 Å². The fourth-order valence-corrected chi connectivity index (χ4v) is 4.03. The summed E-state index contributed by atoms with van der Waals surface area (Å²) in [5.74, 6) is 0.247. The highest BCUT2D eigenvalue weighted by Crippen LogP contribution is 2.29. The first-order chi connectivity index (χ1) is 13.0. The lowest BCUT2D eigenvalue weighted by Gasteiger charge is -2.08. The third-order valence-corrected chi connectivity index (χ3v) is 6.20. The number of nitrogens with zero attached hydrogens (tertiary/aromatic N) is 2. The van der Waals surface area contributed by atoms with Crippen LogP contribution in [0.2, 0.25) is 0 Å². The maximum atomic E-state index is 12.1. The summed E-state index contributed by atoms with van der Waals surface area (Å²) in [5.41, 5.74) is 5.50. The lowest BCUT2D eigenvalue weighted by molar-refractivity contribution is -0.113. The van der Waals surface area contributed by atoms with Crippen molar-refractivity contribution >= 4 is 45.5 Å². The van der Waals surface area contributed by atoms with Gasteiger partial charge in [-0.3, -0.25) is 4.79 Å². The van der Waals surface area contributed by atoms with Crippen molar-refractivity contribution in [2.24, 2.45) is 0 Å². The zero-order valence-corrected chi connectivity index (χ0v) is 17.2. The Morgan fingerprint density at radius 1 is 1.11 bits per heavy atom. The maximum absolute atomic E-state index is 12.1. The predicted octanol–water partition coefficient (Wildman–Crippen LogP) is 5.19. The van der Waals surface area contributed by atoms with E-state index in [-0.39, 0.29) is 5.91 Å². The Morgan fingerprint density at radius 3 is 2.63 bits per heavy atom. The molecule has 0 saturated carbocycles. The van der Waals surface area contributed by atoms with Crippen LogP contribution in [0.3, 0.4) is 0 Å². The van der Waals surface area contributed by atoms with Crippen LogP contribution < -0.4 is 10.6 Å². The van der Waals surface area contributed by atoms with Gasteiger partial charge in [-0.1, -0.05) is 54.3 Å². The second-order valence-electron chi connectivity index (χ2n) is 6.13. The quantitative estimate of drug-likeness (QED) is 0.536. The Labute approximate surface area is 167 Å². The predicted molar refractivity (Wildman–Crippen MR) is 114 cm³/mol. The van der Waals surface area contributed by atoms with Gasteiger partial charge in [0.2, 0.25) is 11.0 Å². The monoisotopic (exact) mass is 398 g/mol. The molecule has 0 unspecified atom stereocenters. The first kappa shape index (κ1) is 19.4. The Bertz CT molecular complexity index is 922. The number of benzene rings is 2. The van der Waals surface area contributed by atoms with Crippen molar-refractivity contribution in [2.75, 3.05) is 16.4 Å². The highest BCUT2D eigenvalue weighted by Gasteiger charge is 2.10. The molecule has 0 aliphatic carbocycles. The standard InChI is InChI=1S/C20H22N4OS2/c1-4-15-8-10-16(11-9-15)21-18(25)12-26-20-24-23-19(27-20)22-17-7-5-6-13(2)14(17)3/h5-11H,4,12H2,1-3H3,(H,21,25)(H,22,23). The van der Waals surface area contributed by atoms with Crippen LogP contribution in [-0.4, -0.2) is 21.9 Å². The van der Waals surface area contributed by atoms with Crippen LogP contribution in [0.5, 0.6) is 0 Å². The Balaban J connectivity index is 1.52. The highest BCUT2D eigenvalue weighted by molar-refractivity contribution is 8.01. The van der Waals surface area contributed by atoms with Gasteiger partial charge in [0.25, 0.3) is 0 Å². The number of amides is 1. The van der Waals surface area contributed by atoms with Crippen LogP contribution in [-0.2, 0) is 11.2 Å². The van der Waals surface area contributed by atoms with Crippen LogP contribution >= 0.6 is 23.1 Å².